The van der Waals surface area contributed by atoms with Crippen molar-refractivity contribution >= 4 is 21.6 Å². The molecule has 0 aliphatic carbocycles. The van der Waals surface area contributed by atoms with Gasteiger partial charge >= 0.3 is 0 Å². The first kappa shape index (κ1) is 7.26. The molecule has 2 aromatic rings. The molecular weight excluding hydrogens is 168 g/mol. The normalized spacial score (nSPS) is 9.92. The zero-order valence-electron chi connectivity index (χ0n) is 6.32. The highest BCUT2D eigenvalue weighted by Gasteiger charge is 1.98. The second kappa shape index (κ2) is 2.92. The summed E-state index contributed by atoms with van der Waals surface area (Å²) in [5.74, 6) is 3.24. The molecule has 0 aromatic carbocycles. The van der Waals surface area contributed by atoms with Crippen LogP contribution in [-0.2, 0) is 6.42 Å². The molecular formula is C9H6N2S. The van der Waals surface area contributed by atoms with Crippen LogP contribution in [0, 0.1) is 12.3 Å². The van der Waals surface area contributed by atoms with Crippen LogP contribution in [0.1, 0.15) is 5.82 Å². The average molecular weight is 174 g/mol. The summed E-state index contributed by atoms with van der Waals surface area (Å²) in [6, 6.07) is 1.97. The van der Waals surface area contributed by atoms with Crippen LogP contribution in [0.15, 0.2) is 17.6 Å². The first-order chi connectivity index (χ1) is 5.90. The molecule has 2 nitrogen and oxygen atoms in total. The van der Waals surface area contributed by atoms with Crippen molar-refractivity contribution in [3.63, 3.8) is 0 Å². The average Bonchev–Trinajstić information content (AvgIpc) is 2.51. The SMILES string of the molecule is C#CCc1ncc2sccc2n1. The van der Waals surface area contributed by atoms with Gasteiger partial charge in [0.05, 0.1) is 16.6 Å². The quantitative estimate of drug-likeness (QED) is 0.617. The van der Waals surface area contributed by atoms with Crippen molar-refractivity contribution in [2.45, 2.75) is 6.42 Å². The lowest BCUT2D eigenvalue weighted by molar-refractivity contribution is 1.04. The van der Waals surface area contributed by atoms with Gasteiger partial charge in [-0.25, -0.2) is 9.97 Å². The fraction of sp³-hybridized carbons (Fsp3) is 0.111. The second-order valence-electron chi connectivity index (χ2n) is 2.34. The Bertz CT molecular complexity index is 439. The Hall–Kier alpha value is -1.40. The summed E-state index contributed by atoms with van der Waals surface area (Å²) in [7, 11) is 0. The topological polar surface area (TPSA) is 25.8 Å². The number of thiophene rings is 1. The predicted octanol–water partition coefficient (Wildman–Crippen LogP) is 1.87. The van der Waals surface area contributed by atoms with Crippen molar-refractivity contribution in [1.82, 2.24) is 9.97 Å². The first-order valence-electron chi connectivity index (χ1n) is 3.53. The summed E-state index contributed by atoms with van der Waals surface area (Å²) in [5, 5.41) is 2.00. The van der Waals surface area contributed by atoms with Crippen molar-refractivity contribution in [1.29, 1.82) is 0 Å². The maximum atomic E-state index is 5.15. The molecule has 58 valence electrons. The lowest BCUT2D eigenvalue weighted by Gasteiger charge is -1.92. The molecule has 0 unspecified atom stereocenters. The predicted molar refractivity (Wildman–Crippen MR) is 50.0 cm³/mol. The standard InChI is InChI=1S/C9H6N2S/c1-2-3-9-10-6-8-7(11-9)4-5-12-8/h1,4-6H,3H2. The van der Waals surface area contributed by atoms with Gasteiger partial charge in [0.1, 0.15) is 5.82 Å². The van der Waals surface area contributed by atoms with Gasteiger partial charge in [0.2, 0.25) is 0 Å². The number of terminal acetylenes is 1. The number of rotatable bonds is 1. The molecule has 0 aliphatic heterocycles. The van der Waals surface area contributed by atoms with Gasteiger partial charge in [-0.05, 0) is 11.4 Å². The molecule has 0 radical (unpaired) electrons. The van der Waals surface area contributed by atoms with E-state index in [4.69, 9.17) is 6.42 Å². The minimum Gasteiger partial charge on any atom is -0.239 e. The van der Waals surface area contributed by atoms with Crippen LogP contribution in [0.2, 0.25) is 0 Å². The summed E-state index contributed by atoms with van der Waals surface area (Å²) < 4.78 is 1.11. The maximum absolute atomic E-state index is 5.15. The minimum absolute atomic E-state index is 0.506. The Labute approximate surface area is 74.3 Å². The number of aromatic nitrogens is 2. The van der Waals surface area contributed by atoms with Crippen LogP contribution in [0.3, 0.4) is 0 Å². The molecule has 2 aromatic heterocycles. The number of fused-ring (bicyclic) bond motifs is 1. The third-order valence-corrected chi connectivity index (χ3v) is 2.35. The number of hydrogen-bond acceptors (Lipinski definition) is 3. The van der Waals surface area contributed by atoms with E-state index in [1.54, 1.807) is 11.3 Å². The van der Waals surface area contributed by atoms with E-state index in [2.05, 4.69) is 15.9 Å². The molecule has 2 heterocycles. The van der Waals surface area contributed by atoms with Gasteiger partial charge in [0.25, 0.3) is 0 Å². The lowest BCUT2D eigenvalue weighted by atomic mass is 10.4. The van der Waals surface area contributed by atoms with Crippen LogP contribution in [0.25, 0.3) is 10.2 Å². The minimum atomic E-state index is 0.506. The van der Waals surface area contributed by atoms with Gasteiger partial charge in [0, 0.05) is 6.20 Å². The van der Waals surface area contributed by atoms with E-state index in [1.807, 2.05) is 17.6 Å². The smallest absolute Gasteiger partial charge is 0.140 e. The summed E-state index contributed by atoms with van der Waals surface area (Å²) in [4.78, 5) is 8.41. The van der Waals surface area contributed by atoms with Crippen LogP contribution < -0.4 is 0 Å². The van der Waals surface area contributed by atoms with E-state index >= 15 is 0 Å². The summed E-state index contributed by atoms with van der Waals surface area (Å²) in [5.41, 5.74) is 0.986. The van der Waals surface area contributed by atoms with Crippen LogP contribution in [0.5, 0.6) is 0 Å². The van der Waals surface area contributed by atoms with E-state index in [-0.39, 0.29) is 0 Å². The van der Waals surface area contributed by atoms with E-state index < -0.39 is 0 Å². The Morgan fingerprint density at radius 3 is 3.33 bits per heavy atom. The summed E-state index contributed by atoms with van der Waals surface area (Å²) in [6.45, 7) is 0. The van der Waals surface area contributed by atoms with E-state index in [0.29, 0.717) is 6.42 Å². The van der Waals surface area contributed by atoms with E-state index in [9.17, 15) is 0 Å². The molecule has 0 atom stereocenters. The number of hydrogen-bond donors (Lipinski definition) is 0. The second-order valence-corrected chi connectivity index (χ2v) is 3.28. The molecule has 0 fully saturated rings. The molecule has 3 heteroatoms. The largest absolute Gasteiger partial charge is 0.239 e. The highest BCUT2D eigenvalue weighted by atomic mass is 32.1. The molecule has 12 heavy (non-hydrogen) atoms. The zero-order chi connectivity index (χ0) is 8.39. The van der Waals surface area contributed by atoms with Gasteiger partial charge in [-0.15, -0.1) is 17.8 Å². The molecule has 0 N–H and O–H groups in total. The Morgan fingerprint density at radius 2 is 2.50 bits per heavy atom. The molecule has 0 aliphatic rings. The number of nitrogens with zero attached hydrogens (tertiary/aromatic N) is 2. The summed E-state index contributed by atoms with van der Waals surface area (Å²) in [6.07, 6.45) is 7.48. The van der Waals surface area contributed by atoms with Gasteiger partial charge in [-0.3, -0.25) is 0 Å². The first-order valence-corrected chi connectivity index (χ1v) is 4.40. The van der Waals surface area contributed by atoms with Crippen LogP contribution >= 0.6 is 11.3 Å². The fourth-order valence-electron chi connectivity index (χ4n) is 0.981. The highest BCUT2D eigenvalue weighted by molar-refractivity contribution is 7.17. The molecule has 0 saturated carbocycles. The summed E-state index contributed by atoms with van der Waals surface area (Å²) >= 11 is 1.64. The van der Waals surface area contributed by atoms with Crippen molar-refractivity contribution in [2.24, 2.45) is 0 Å². The van der Waals surface area contributed by atoms with Crippen molar-refractivity contribution < 1.29 is 0 Å². The maximum Gasteiger partial charge on any atom is 0.140 e. The monoisotopic (exact) mass is 174 g/mol. The van der Waals surface area contributed by atoms with Crippen molar-refractivity contribution in [3.8, 4) is 12.3 Å². The molecule has 2 rings (SSSR count). The highest BCUT2D eigenvalue weighted by Crippen LogP contribution is 2.16. The lowest BCUT2D eigenvalue weighted by Crippen LogP contribution is -1.90. The Balaban J connectivity index is 2.54. The van der Waals surface area contributed by atoms with Gasteiger partial charge < -0.3 is 0 Å². The fourth-order valence-corrected chi connectivity index (χ4v) is 1.67. The van der Waals surface area contributed by atoms with E-state index in [1.165, 1.54) is 0 Å². The van der Waals surface area contributed by atoms with E-state index in [0.717, 1.165) is 16.0 Å². The molecule has 0 bridgehead atoms. The Morgan fingerprint density at radius 1 is 1.58 bits per heavy atom. The zero-order valence-corrected chi connectivity index (χ0v) is 7.14. The third-order valence-electron chi connectivity index (χ3n) is 1.51. The van der Waals surface area contributed by atoms with Gasteiger partial charge in [-0.2, -0.15) is 0 Å². The molecule has 0 spiro atoms. The van der Waals surface area contributed by atoms with Gasteiger partial charge in [0.15, 0.2) is 0 Å². The third kappa shape index (κ3) is 1.17. The molecule has 0 saturated heterocycles. The van der Waals surface area contributed by atoms with Crippen LogP contribution in [0.4, 0.5) is 0 Å². The van der Waals surface area contributed by atoms with Gasteiger partial charge in [-0.1, -0.05) is 5.92 Å². The van der Waals surface area contributed by atoms with Crippen LogP contribution in [-0.4, -0.2) is 9.97 Å². The van der Waals surface area contributed by atoms with Crippen molar-refractivity contribution in [2.75, 3.05) is 0 Å². The van der Waals surface area contributed by atoms with Crippen molar-refractivity contribution in [3.05, 3.63) is 23.5 Å². The Kier molecular flexibility index (Phi) is 1.77. The molecule has 0 amide bonds.